The smallest absolute Gasteiger partial charge is 0.323 e. The van der Waals surface area contributed by atoms with Gasteiger partial charge in [0.15, 0.2) is 0 Å². The number of nitrogens with zero attached hydrogens (tertiary/aromatic N) is 5. The van der Waals surface area contributed by atoms with Gasteiger partial charge in [0.25, 0.3) is 0 Å². The zero-order valence-corrected chi connectivity index (χ0v) is 16.2. The van der Waals surface area contributed by atoms with Gasteiger partial charge in [-0.25, -0.2) is 14.8 Å². The van der Waals surface area contributed by atoms with E-state index in [-0.39, 0.29) is 12.1 Å². The van der Waals surface area contributed by atoms with Gasteiger partial charge in [0.2, 0.25) is 5.13 Å². The van der Waals surface area contributed by atoms with Crippen molar-refractivity contribution < 1.29 is 9.53 Å². The zero-order chi connectivity index (χ0) is 19.3. The molecule has 144 valence electrons. The maximum Gasteiger partial charge on any atom is 0.323 e. The van der Waals surface area contributed by atoms with Crippen molar-refractivity contribution in [2.24, 2.45) is 0 Å². The second-order valence-corrected chi connectivity index (χ2v) is 7.47. The van der Waals surface area contributed by atoms with E-state index in [4.69, 9.17) is 4.74 Å². The van der Waals surface area contributed by atoms with Gasteiger partial charge in [-0.05, 0) is 18.6 Å². The number of aromatic nitrogens is 4. The molecule has 1 aromatic carbocycles. The lowest BCUT2D eigenvalue weighted by Gasteiger charge is -2.31. The van der Waals surface area contributed by atoms with E-state index < -0.39 is 0 Å². The van der Waals surface area contributed by atoms with Gasteiger partial charge < -0.3 is 9.64 Å². The summed E-state index contributed by atoms with van der Waals surface area (Å²) in [6, 6.07) is 9.95. The summed E-state index contributed by atoms with van der Waals surface area (Å²) < 4.78 is 5.76. The maximum absolute atomic E-state index is 12.5. The molecule has 3 aromatic rings. The topological polar surface area (TPSA) is 93.1 Å². The molecule has 1 fully saturated rings. The first-order valence-corrected chi connectivity index (χ1v) is 9.90. The minimum absolute atomic E-state index is 0.0145. The minimum atomic E-state index is -0.165. The molecule has 0 spiro atoms. The summed E-state index contributed by atoms with van der Waals surface area (Å²) >= 11 is 1.37. The van der Waals surface area contributed by atoms with Gasteiger partial charge in [0.1, 0.15) is 11.1 Å². The Morgan fingerprint density at radius 1 is 1.14 bits per heavy atom. The highest BCUT2D eigenvalue weighted by Gasteiger charge is 2.25. The molecule has 0 radical (unpaired) electrons. The van der Waals surface area contributed by atoms with Crippen molar-refractivity contribution in [3.05, 3.63) is 48.3 Å². The second kappa shape index (κ2) is 8.30. The highest BCUT2D eigenvalue weighted by Crippen LogP contribution is 2.29. The summed E-state index contributed by atoms with van der Waals surface area (Å²) in [6.45, 7) is 3.24. The third kappa shape index (κ3) is 4.25. The van der Waals surface area contributed by atoms with Gasteiger partial charge in [-0.2, -0.15) is 0 Å². The Bertz CT molecular complexity index is 940. The van der Waals surface area contributed by atoms with Crippen LogP contribution in [-0.4, -0.2) is 50.3 Å². The van der Waals surface area contributed by atoms with E-state index >= 15 is 0 Å². The lowest BCUT2D eigenvalue weighted by Crippen LogP contribution is -2.43. The number of amides is 2. The first-order valence-electron chi connectivity index (χ1n) is 9.08. The highest BCUT2D eigenvalue weighted by atomic mass is 32.1. The monoisotopic (exact) mass is 396 g/mol. The Labute approximate surface area is 166 Å². The van der Waals surface area contributed by atoms with Crippen LogP contribution in [0.3, 0.4) is 0 Å². The Morgan fingerprint density at radius 3 is 2.64 bits per heavy atom. The number of hydrogen-bond acceptors (Lipinski definition) is 7. The first-order chi connectivity index (χ1) is 13.7. The van der Waals surface area contributed by atoms with Crippen molar-refractivity contribution in [1.29, 1.82) is 0 Å². The minimum Gasteiger partial charge on any atom is -0.460 e. The van der Waals surface area contributed by atoms with Crippen molar-refractivity contribution in [3.8, 4) is 16.6 Å². The fourth-order valence-corrected chi connectivity index (χ4v) is 3.86. The number of carbonyl (C=O) groups excluding carboxylic acids is 1. The average molecular weight is 396 g/mol. The Morgan fingerprint density at radius 2 is 1.89 bits per heavy atom. The molecule has 2 amide bonds. The molecule has 0 bridgehead atoms. The highest BCUT2D eigenvalue weighted by molar-refractivity contribution is 7.18. The number of aryl methyl sites for hydroxylation is 1. The van der Waals surface area contributed by atoms with E-state index in [1.54, 1.807) is 23.4 Å². The van der Waals surface area contributed by atoms with Gasteiger partial charge in [-0.15, -0.1) is 10.2 Å². The third-order valence-corrected chi connectivity index (χ3v) is 5.43. The molecule has 28 heavy (non-hydrogen) atoms. The summed E-state index contributed by atoms with van der Waals surface area (Å²) in [5.74, 6) is 0. The van der Waals surface area contributed by atoms with Crippen molar-refractivity contribution in [3.63, 3.8) is 0 Å². The molecule has 1 aliphatic heterocycles. The van der Waals surface area contributed by atoms with E-state index in [2.05, 4.69) is 25.5 Å². The molecule has 1 N–H and O–H groups in total. The van der Waals surface area contributed by atoms with Crippen LogP contribution >= 0.6 is 11.3 Å². The summed E-state index contributed by atoms with van der Waals surface area (Å²) in [6.07, 6.45) is 4.78. The molecule has 1 aliphatic rings. The standard InChI is InChI=1S/C19H20N6O2S/c1-13-5-2-3-6-15(13)16-23-24-18(28-16)22-19(26)25-11-7-14(8-12-25)27-17-20-9-4-10-21-17/h2-6,9-10,14H,7-8,11-12H2,1H3,(H,22,24,26). The quantitative estimate of drug-likeness (QED) is 0.727. The SMILES string of the molecule is Cc1ccccc1-c1nnc(NC(=O)N2CCC(Oc3ncccn3)CC2)s1. The maximum atomic E-state index is 12.5. The largest absolute Gasteiger partial charge is 0.460 e. The van der Waals surface area contributed by atoms with Gasteiger partial charge >= 0.3 is 12.0 Å². The number of hydrogen-bond donors (Lipinski definition) is 1. The van der Waals surface area contributed by atoms with Crippen LogP contribution in [0.5, 0.6) is 6.01 Å². The van der Waals surface area contributed by atoms with Crippen LogP contribution in [0.15, 0.2) is 42.7 Å². The van der Waals surface area contributed by atoms with Crippen LogP contribution in [0.1, 0.15) is 18.4 Å². The number of benzene rings is 1. The van der Waals surface area contributed by atoms with Gasteiger partial charge in [-0.1, -0.05) is 35.6 Å². The van der Waals surface area contributed by atoms with E-state index in [1.807, 2.05) is 31.2 Å². The van der Waals surface area contributed by atoms with Gasteiger partial charge in [-0.3, -0.25) is 5.32 Å². The number of ether oxygens (including phenoxy) is 1. The van der Waals surface area contributed by atoms with Gasteiger partial charge in [0.05, 0.1) is 0 Å². The fourth-order valence-electron chi connectivity index (χ4n) is 3.04. The number of rotatable bonds is 4. The Hall–Kier alpha value is -3.07. The summed E-state index contributed by atoms with van der Waals surface area (Å²) in [7, 11) is 0. The van der Waals surface area contributed by atoms with Crippen LogP contribution in [0.4, 0.5) is 9.93 Å². The molecular weight excluding hydrogens is 376 g/mol. The molecule has 9 heteroatoms. The lowest BCUT2D eigenvalue weighted by atomic mass is 10.1. The number of carbonyl (C=O) groups is 1. The van der Waals surface area contributed by atoms with Crippen LogP contribution in [0, 0.1) is 6.92 Å². The molecule has 1 saturated heterocycles. The number of nitrogens with one attached hydrogen (secondary N) is 1. The number of piperidine rings is 1. The van der Waals surface area contributed by atoms with E-state index in [0.29, 0.717) is 24.2 Å². The van der Waals surface area contributed by atoms with Crippen molar-refractivity contribution in [2.45, 2.75) is 25.9 Å². The average Bonchev–Trinajstić information content (AvgIpc) is 3.18. The lowest BCUT2D eigenvalue weighted by molar-refractivity contribution is 0.107. The summed E-state index contributed by atoms with van der Waals surface area (Å²) in [4.78, 5) is 22.5. The predicted molar refractivity (Wildman–Crippen MR) is 106 cm³/mol. The van der Waals surface area contributed by atoms with E-state index in [1.165, 1.54) is 11.3 Å². The van der Waals surface area contributed by atoms with Crippen LogP contribution in [-0.2, 0) is 0 Å². The molecule has 8 nitrogen and oxygen atoms in total. The molecule has 0 unspecified atom stereocenters. The second-order valence-electron chi connectivity index (χ2n) is 6.49. The molecule has 0 saturated carbocycles. The number of urea groups is 1. The number of likely N-dealkylation sites (tertiary alicyclic amines) is 1. The van der Waals surface area contributed by atoms with Crippen LogP contribution in [0.25, 0.3) is 10.6 Å². The van der Waals surface area contributed by atoms with E-state index in [0.717, 1.165) is 29.0 Å². The molecule has 0 aliphatic carbocycles. The van der Waals surface area contributed by atoms with Crippen LogP contribution < -0.4 is 10.1 Å². The van der Waals surface area contributed by atoms with Crippen molar-refractivity contribution in [2.75, 3.05) is 18.4 Å². The van der Waals surface area contributed by atoms with Gasteiger partial charge in [0, 0.05) is 43.9 Å². The third-order valence-electron chi connectivity index (χ3n) is 4.56. The Balaban J connectivity index is 1.31. The summed E-state index contributed by atoms with van der Waals surface area (Å²) in [5.41, 5.74) is 2.16. The molecule has 0 atom stereocenters. The molecular formula is C19H20N6O2S. The first kappa shape index (κ1) is 18.3. The zero-order valence-electron chi connectivity index (χ0n) is 15.4. The molecule has 2 aromatic heterocycles. The molecule has 4 rings (SSSR count). The van der Waals surface area contributed by atoms with Crippen molar-refractivity contribution >= 4 is 22.5 Å². The normalized spacial score (nSPS) is 14.7. The number of anilines is 1. The summed E-state index contributed by atoms with van der Waals surface area (Å²) in [5, 5.41) is 12.5. The van der Waals surface area contributed by atoms with Crippen molar-refractivity contribution in [1.82, 2.24) is 25.1 Å². The predicted octanol–water partition coefficient (Wildman–Crippen LogP) is 3.38. The fraction of sp³-hybridized carbons (Fsp3) is 0.316. The van der Waals surface area contributed by atoms with Crippen LogP contribution in [0.2, 0.25) is 0 Å². The Kier molecular flexibility index (Phi) is 5.43. The molecule has 3 heterocycles. The van der Waals surface area contributed by atoms with E-state index in [9.17, 15) is 4.79 Å².